The maximum Gasteiger partial charge on any atom is 0.416 e. The summed E-state index contributed by atoms with van der Waals surface area (Å²) in [5, 5.41) is 9.79. The number of sulfonamides is 1. The van der Waals surface area contributed by atoms with Gasteiger partial charge in [-0.2, -0.15) is 17.5 Å². The molecule has 2 fully saturated rings. The van der Waals surface area contributed by atoms with Crippen LogP contribution in [-0.4, -0.2) is 73.0 Å². The Morgan fingerprint density at radius 1 is 1.11 bits per heavy atom. The van der Waals surface area contributed by atoms with Gasteiger partial charge >= 0.3 is 6.18 Å². The lowest BCUT2D eigenvalue weighted by atomic mass is 9.98. The Morgan fingerprint density at radius 3 is 2.26 bits per heavy atom. The number of thiazole rings is 1. The lowest BCUT2D eigenvalue weighted by Crippen LogP contribution is -2.62. The minimum Gasteiger partial charge on any atom is -0.381 e. The summed E-state index contributed by atoms with van der Waals surface area (Å²) in [4.78, 5) is 19.3. The van der Waals surface area contributed by atoms with Gasteiger partial charge in [-0.25, -0.2) is 18.9 Å². The highest BCUT2D eigenvalue weighted by Gasteiger charge is 2.54. The molecule has 0 radical (unpaired) electrons. The number of nitrogens with zero attached hydrogens (tertiary/aromatic N) is 3. The lowest BCUT2D eigenvalue weighted by molar-refractivity contribution is -0.137. The van der Waals surface area contributed by atoms with Crippen molar-refractivity contribution in [3.8, 4) is 10.4 Å². The Bertz CT molecular complexity index is 1130. The van der Waals surface area contributed by atoms with Gasteiger partial charge in [0.1, 0.15) is 0 Å². The first-order chi connectivity index (χ1) is 16.1. The van der Waals surface area contributed by atoms with Gasteiger partial charge in [0.05, 0.1) is 10.4 Å². The summed E-state index contributed by atoms with van der Waals surface area (Å²) in [5.41, 5.74) is 1.38. The van der Waals surface area contributed by atoms with E-state index in [-0.39, 0.29) is 51.6 Å². The summed E-state index contributed by atoms with van der Waals surface area (Å²) in [6.45, 7) is 1.09. The molecule has 0 aliphatic carbocycles. The molecule has 0 spiro atoms. The second-order valence-corrected chi connectivity index (χ2v) is 11.3. The number of hydrogen-bond acceptors (Lipinski definition) is 8. The molecule has 194 valence electrons. The molecule has 9 nitrogen and oxygen atoms in total. The molecule has 35 heavy (non-hydrogen) atoms. The van der Waals surface area contributed by atoms with Gasteiger partial charge in [-0.05, 0) is 17.7 Å². The quantitative estimate of drug-likeness (QED) is 0.430. The highest BCUT2D eigenvalue weighted by Crippen LogP contribution is 2.36. The minimum absolute atomic E-state index is 0. The molecule has 2 aliphatic heterocycles. The van der Waals surface area contributed by atoms with Crippen LogP contribution in [0.15, 0.2) is 30.5 Å². The van der Waals surface area contributed by atoms with E-state index in [2.05, 4.69) is 4.98 Å². The zero-order valence-electron chi connectivity index (χ0n) is 18.3. The van der Waals surface area contributed by atoms with Crippen molar-refractivity contribution in [1.29, 1.82) is 0 Å². The summed E-state index contributed by atoms with van der Waals surface area (Å²) in [6, 6.07) is 4.83. The Morgan fingerprint density at radius 2 is 1.71 bits per heavy atom. The van der Waals surface area contributed by atoms with E-state index in [0.717, 1.165) is 12.1 Å². The number of amides is 1. The molecule has 0 atom stereocenters. The van der Waals surface area contributed by atoms with Gasteiger partial charge in [0.15, 0.2) is 9.88 Å². The maximum absolute atomic E-state index is 13.4. The third kappa shape index (κ3) is 5.27. The number of rotatable bonds is 5. The van der Waals surface area contributed by atoms with Crippen LogP contribution >= 0.6 is 23.7 Å². The largest absolute Gasteiger partial charge is 0.416 e. The summed E-state index contributed by atoms with van der Waals surface area (Å²) in [7, 11) is -4.07. The summed E-state index contributed by atoms with van der Waals surface area (Å²) in [6.07, 6.45) is -2.93. The number of halogens is 4. The number of anilines is 1. The zero-order valence-corrected chi connectivity index (χ0v) is 20.8. The van der Waals surface area contributed by atoms with E-state index in [1.165, 1.54) is 33.3 Å². The minimum atomic E-state index is -4.40. The molecule has 2 aliphatic rings. The van der Waals surface area contributed by atoms with E-state index in [9.17, 15) is 26.4 Å². The van der Waals surface area contributed by atoms with Crippen LogP contribution in [0.3, 0.4) is 0 Å². The van der Waals surface area contributed by atoms with Crippen LogP contribution in [-0.2, 0) is 25.7 Å². The SMILES string of the molecule is Cl.O=C(NO)C1(S(=O)(=O)N2CCN(c3ncc(-c4ccc(C(F)(F)F)cc4)s3)CC2)CCOCC1. The molecule has 0 saturated carbocycles. The lowest BCUT2D eigenvalue weighted by Gasteiger charge is -2.41. The van der Waals surface area contributed by atoms with Crippen LogP contribution in [0.2, 0.25) is 0 Å². The molecular weight excluding hydrogens is 533 g/mol. The Balaban J connectivity index is 0.00000342. The Labute approximate surface area is 210 Å². The van der Waals surface area contributed by atoms with E-state index in [1.54, 1.807) is 6.20 Å². The number of ether oxygens (including phenoxy) is 1. The first-order valence-electron chi connectivity index (χ1n) is 10.5. The van der Waals surface area contributed by atoms with E-state index in [0.29, 0.717) is 28.7 Å². The molecule has 3 heterocycles. The first kappa shape index (κ1) is 27.6. The predicted molar refractivity (Wildman–Crippen MR) is 125 cm³/mol. The Hall–Kier alpha value is -1.97. The number of nitrogens with one attached hydrogen (secondary N) is 1. The van der Waals surface area contributed by atoms with Crippen LogP contribution in [0.5, 0.6) is 0 Å². The topological polar surface area (TPSA) is 112 Å². The number of aromatic nitrogens is 1. The van der Waals surface area contributed by atoms with Crippen LogP contribution in [0.4, 0.5) is 18.3 Å². The number of alkyl halides is 3. The van der Waals surface area contributed by atoms with E-state index in [4.69, 9.17) is 9.94 Å². The van der Waals surface area contributed by atoms with Gasteiger partial charge in [-0.15, -0.1) is 12.4 Å². The fourth-order valence-corrected chi connectivity index (χ4v) is 7.21. The third-order valence-corrected chi connectivity index (χ3v) is 9.88. The monoisotopic (exact) mass is 556 g/mol. The molecule has 1 aromatic heterocycles. The van der Waals surface area contributed by atoms with E-state index < -0.39 is 32.4 Å². The van der Waals surface area contributed by atoms with Gasteiger partial charge in [0, 0.05) is 58.4 Å². The van der Waals surface area contributed by atoms with Gasteiger partial charge in [-0.3, -0.25) is 10.0 Å². The normalized spacial score (nSPS) is 19.1. The molecule has 15 heteroatoms. The van der Waals surface area contributed by atoms with Gasteiger partial charge in [-0.1, -0.05) is 23.5 Å². The summed E-state index contributed by atoms with van der Waals surface area (Å²) < 4.78 is 69.8. The molecule has 4 rings (SSSR count). The van der Waals surface area contributed by atoms with Gasteiger partial charge < -0.3 is 9.64 Å². The average molecular weight is 557 g/mol. The van der Waals surface area contributed by atoms with Crippen molar-refractivity contribution in [2.24, 2.45) is 0 Å². The second kappa shape index (κ2) is 10.6. The molecule has 2 saturated heterocycles. The highest BCUT2D eigenvalue weighted by molar-refractivity contribution is 7.91. The molecule has 0 unspecified atom stereocenters. The van der Waals surface area contributed by atoms with Crippen LogP contribution in [0.25, 0.3) is 10.4 Å². The van der Waals surface area contributed by atoms with E-state index >= 15 is 0 Å². The van der Waals surface area contributed by atoms with Crippen molar-refractivity contribution < 1.29 is 36.3 Å². The smallest absolute Gasteiger partial charge is 0.381 e. The van der Waals surface area contributed by atoms with Gasteiger partial charge in [0.25, 0.3) is 5.91 Å². The number of carbonyl (C=O) groups excluding carboxylic acids is 1. The number of hydrogen-bond donors (Lipinski definition) is 2. The highest BCUT2D eigenvalue weighted by atomic mass is 35.5. The number of benzene rings is 1. The number of hydroxylamine groups is 1. The number of carbonyl (C=O) groups is 1. The van der Waals surface area contributed by atoms with Crippen molar-refractivity contribution in [3.05, 3.63) is 36.0 Å². The zero-order chi connectivity index (χ0) is 24.6. The molecule has 2 N–H and O–H groups in total. The fourth-order valence-electron chi connectivity index (χ4n) is 4.14. The molecular formula is C20H24ClF3N4O5S2. The fraction of sp³-hybridized carbons (Fsp3) is 0.500. The molecule has 0 bridgehead atoms. The average Bonchev–Trinajstić information content (AvgIpc) is 3.34. The van der Waals surface area contributed by atoms with Crippen LogP contribution in [0, 0.1) is 0 Å². The summed E-state index contributed by atoms with van der Waals surface area (Å²) in [5.74, 6) is -0.959. The third-order valence-electron chi connectivity index (χ3n) is 6.15. The summed E-state index contributed by atoms with van der Waals surface area (Å²) >= 11 is 1.30. The van der Waals surface area contributed by atoms with Crippen molar-refractivity contribution in [2.75, 3.05) is 44.3 Å². The van der Waals surface area contributed by atoms with Crippen molar-refractivity contribution in [1.82, 2.24) is 14.8 Å². The second-order valence-electron chi connectivity index (χ2n) is 8.02. The van der Waals surface area contributed by atoms with E-state index in [1.807, 2.05) is 4.90 Å². The molecule has 2 aromatic rings. The van der Waals surface area contributed by atoms with Gasteiger partial charge in [0.2, 0.25) is 10.0 Å². The predicted octanol–water partition coefficient (Wildman–Crippen LogP) is 2.76. The van der Waals surface area contributed by atoms with Crippen LogP contribution < -0.4 is 10.4 Å². The first-order valence-corrected chi connectivity index (χ1v) is 12.7. The standard InChI is InChI=1S/C20H23F3N4O5S2.ClH/c21-20(22,23)15-3-1-14(2-4-15)16-13-24-18(33-16)26-7-9-27(10-8-26)34(30,31)19(17(28)25-29)5-11-32-12-6-19;/h1-4,13,29H,5-12H2,(H,25,28);1H. The van der Waals surface area contributed by atoms with Crippen molar-refractivity contribution >= 4 is 44.8 Å². The Kier molecular flexibility index (Phi) is 8.34. The van der Waals surface area contributed by atoms with Crippen LogP contribution in [0.1, 0.15) is 18.4 Å². The number of piperazine rings is 1. The maximum atomic E-state index is 13.4. The van der Waals surface area contributed by atoms with Crippen molar-refractivity contribution in [3.63, 3.8) is 0 Å². The molecule has 1 amide bonds. The molecule has 1 aromatic carbocycles. The van der Waals surface area contributed by atoms with Crippen molar-refractivity contribution in [2.45, 2.75) is 23.8 Å².